The van der Waals surface area contributed by atoms with Crippen LogP contribution in [0.2, 0.25) is 0 Å². The van der Waals surface area contributed by atoms with E-state index in [0.717, 1.165) is 5.52 Å². The van der Waals surface area contributed by atoms with Crippen molar-refractivity contribution in [2.24, 2.45) is 0 Å². The zero-order valence-electron chi connectivity index (χ0n) is 12.4. The van der Waals surface area contributed by atoms with Gasteiger partial charge in [0, 0.05) is 12.6 Å². The third-order valence-corrected chi connectivity index (χ3v) is 3.11. The second-order valence-electron chi connectivity index (χ2n) is 4.91. The molecule has 116 valence electrons. The first-order chi connectivity index (χ1) is 11.1. The molecule has 1 N–H and O–H groups in total. The number of esters is 1. The van der Waals surface area contributed by atoms with E-state index in [0.29, 0.717) is 22.7 Å². The van der Waals surface area contributed by atoms with Crippen molar-refractivity contribution in [3.8, 4) is 0 Å². The minimum Gasteiger partial charge on any atom is -0.452 e. The van der Waals surface area contributed by atoms with E-state index in [1.165, 1.54) is 6.92 Å². The predicted molar refractivity (Wildman–Crippen MR) is 83.9 cm³/mol. The van der Waals surface area contributed by atoms with Crippen LogP contribution in [0, 0.1) is 0 Å². The molecular formula is C17H14N2O4. The molecule has 1 amide bonds. The van der Waals surface area contributed by atoms with Crippen molar-refractivity contribution in [3.63, 3.8) is 0 Å². The average molecular weight is 310 g/mol. The molecule has 2 aromatic carbocycles. The Bertz CT molecular complexity index is 819. The maximum atomic E-state index is 12.0. The van der Waals surface area contributed by atoms with E-state index in [1.807, 2.05) is 18.2 Å². The number of benzene rings is 2. The number of ether oxygens (including phenoxy) is 1. The van der Waals surface area contributed by atoms with Crippen molar-refractivity contribution < 1.29 is 18.7 Å². The van der Waals surface area contributed by atoms with Crippen molar-refractivity contribution >= 4 is 28.7 Å². The highest BCUT2D eigenvalue weighted by Gasteiger charge is 2.11. The first kappa shape index (κ1) is 14.8. The summed E-state index contributed by atoms with van der Waals surface area (Å²) < 4.78 is 10.7. The molecular weight excluding hydrogens is 296 g/mol. The number of nitrogens with zero attached hydrogens (tertiary/aromatic N) is 1. The quantitative estimate of drug-likeness (QED) is 0.749. The van der Waals surface area contributed by atoms with Gasteiger partial charge in [0.15, 0.2) is 12.2 Å². The number of rotatable bonds is 4. The molecule has 6 heteroatoms. The summed E-state index contributed by atoms with van der Waals surface area (Å²) in [5, 5.41) is 2.63. The van der Waals surface area contributed by atoms with E-state index < -0.39 is 5.97 Å². The lowest BCUT2D eigenvalue weighted by Crippen LogP contribution is -2.07. The summed E-state index contributed by atoms with van der Waals surface area (Å²) in [5.41, 5.74) is 2.37. The number of amides is 1. The highest BCUT2D eigenvalue weighted by atomic mass is 16.5. The number of hydrogen-bond acceptors (Lipinski definition) is 5. The summed E-state index contributed by atoms with van der Waals surface area (Å²) in [4.78, 5) is 27.2. The van der Waals surface area contributed by atoms with Gasteiger partial charge in [-0.2, -0.15) is 0 Å². The number of carbonyl (C=O) groups is 2. The van der Waals surface area contributed by atoms with Gasteiger partial charge in [0.05, 0.1) is 5.56 Å². The molecule has 0 atom stereocenters. The minimum atomic E-state index is -0.485. The molecule has 0 saturated carbocycles. The fourth-order valence-electron chi connectivity index (χ4n) is 2.09. The number of oxazole rings is 1. The van der Waals surface area contributed by atoms with Crippen molar-refractivity contribution in [2.75, 3.05) is 5.32 Å². The highest BCUT2D eigenvalue weighted by Crippen LogP contribution is 2.16. The van der Waals surface area contributed by atoms with Crippen molar-refractivity contribution in [2.45, 2.75) is 13.5 Å². The Morgan fingerprint density at radius 1 is 1.13 bits per heavy atom. The van der Waals surface area contributed by atoms with Gasteiger partial charge in [-0.15, -0.1) is 0 Å². The molecule has 3 rings (SSSR count). The largest absolute Gasteiger partial charge is 0.452 e. The smallest absolute Gasteiger partial charge is 0.338 e. The highest BCUT2D eigenvalue weighted by molar-refractivity contribution is 5.92. The molecule has 0 fully saturated rings. The molecule has 0 radical (unpaired) electrons. The molecule has 0 aliphatic carbocycles. The zero-order chi connectivity index (χ0) is 16.2. The number of carbonyl (C=O) groups excluding carboxylic acids is 2. The van der Waals surface area contributed by atoms with E-state index in [-0.39, 0.29) is 12.5 Å². The number of aromatic nitrogens is 1. The predicted octanol–water partition coefficient (Wildman–Crippen LogP) is 3.14. The summed E-state index contributed by atoms with van der Waals surface area (Å²) >= 11 is 0. The number of hydrogen-bond donors (Lipinski definition) is 1. The van der Waals surface area contributed by atoms with Gasteiger partial charge in [0.1, 0.15) is 5.52 Å². The normalized spacial score (nSPS) is 10.5. The maximum absolute atomic E-state index is 12.0. The van der Waals surface area contributed by atoms with Crippen LogP contribution in [0.4, 0.5) is 5.69 Å². The van der Waals surface area contributed by atoms with Crippen LogP contribution < -0.4 is 5.32 Å². The number of fused-ring (bicyclic) bond motifs is 1. The fraction of sp³-hybridized carbons (Fsp3) is 0.118. The topological polar surface area (TPSA) is 81.4 Å². The SMILES string of the molecule is CC(=O)Nc1ccc(C(=O)OCc2nc3ccccc3o2)cc1. The Hall–Kier alpha value is -3.15. The molecule has 23 heavy (non-hydrogen) atoms. The van der Waals surface area contributed by atoms with Crippen LogP contribution in [0.5, 0.6) is 0 Å². The molecule has 0 aliphatic rings. The minimum absolute atomic E-state index is 0.0407. The van der Waals surface area contributed by atoms with E-state index in [4.69, 9.17) is 9.15 Å². The van der Waals surface area contributed by atoms with E-state index in [2.05, 4.69) is 10.3 Å². The molecule has 1 heterocycles. The van der Waals surface area contributed by atoms with Crippen LogP contribution in [0.25, 0.3) is 11.1 Å². The average Bonchev–Trinajstić information content (AvgIpc) is 2.95. The molecule has 0 saturated heterocycles. The van der Waals surface area contributed by atoms with Gasteiger partial charge >= 0.3 is 5.97 Å². The first-order valence-electron chi connectivity index (χ1n) is 7.01. The number of nitrogens with one attached hydrogen (secondary N) is 1. The van der Waals surface area contributed by atoms with Crippen molar-refractivity contribution in [1.82, 2.24) is 4.98 Å². The van der Waals surface area contributed by atoms with Crippen LogP contribution in [-0.2, 0) is 16.1 Å². The van der Waals surface area contributed by atoms with Crippen LogP contribution >= 0.6 is 0 Å². The Morgan fingerprint density at radius 3 is 2.57 bits per heavy atom. The standard InChI is InChI=1S/C17H14N2O4/c1-11(20)18-13-8-6-12(7-9-13)17(21)22-10-16-19-14-4-2-3-5-15(14)23-16/h2-9H,10H2,1H3,(H,18,20). The van der Waals surface area contributed by atoms with Gasteiger partial charge in [-0.1, -0.05) is 12.1 Å². The van der Waals surface area contributed by atoms with Gasteiger partial charge in [-0.25, -0.2) is 9.78 Å². The van der Waals surface area contributed by atoms with Crippen molar-refractivity contribution in [3.05, 3.63) is 60.0 Å². The maximum Gasteiger partial charge on any atom is 0.338 e. The lowest BCUT2D eigenvalue weighted by Gasteiger charge is -2.04. The van der Waals surface area contributed by atoms with Gasteiger partial charge < -0.3 is 14.5 Å². The van der Waals surface area contributed by atoms with E-state index in [9.17, 15) is 9.59 Å². The Morgan fingerprint density at radius 2 is 1.87 bits per heavy atom. The molecule has 1 aromatic heterocycles. The third kappa shape index (κ3) is 3.55. The Labute approximate surface area is 132 Å². The lowest BCUT2D eigenvalue weighted by molar-refractivity contribution is -0.114. The van der Waals surface area contributed by atoms with Gasteiger partial charge in [0.25, 0.3) is 0 Å². The zero-order valence-corrected chi connectivity index (χ0v) is 12.4. The summed E-state index contributed by atoms with van der Waals surface area (Å²) in [6, 6.07) is 13.8. The van der Waals surface area contributed by atoms with Gasteiger partial charge in [-0.05, 0) is 36.4 Å². The summed E-state index contributed by atoms with van der Waals surface area (Å²) in [6.07, 6.45) is 0. The molecule has 0 aliphatic heterocycles. The Kier molecular flexibility index (Phi) is 4.05. The monoisotopic (exact) mass is 310 g/mol. The molecule has 0 bridgehead atoms. The summed E-state index contributed by atoms with van der Waals surface area (Å²) in [5.74, 6) is -0.313. The first-order valence-corrected chi connectivity index (χ1v) is 7.01. The molecule has 0 unspecified atom stereocenters. The second kappa shape index (κ2) is 6.31. The van der Waals surface area contributed by atoms with E-state index >= 15 is 0 Å². The van der Waals surface area contributed by atoms with Crippen molar-refractivity contribution in [1.29, 1.82) is 0 Å². The molecule has 6 nitrogen and oxygen atoms in total. The van der Waals surface area contributed by atoms with Crippen LogP contribution in [0.3, 0.4) is 0 Å². The van der Waals surface area contributed by atoms with E-state index in [1.54, 1.807) is 30.3 Å². The van der Waals surface area contributed by atoms with Crippen LogP contribution in [0.15, 0.2) is 52.9 Å². The van der Waals surface area contributed by atoms with Gasteiger partial charge in [-0.3, -0.25) is 4.79 Å². The lowest BCUT2D eigenvalue weighted by atomic mass is 10.2. The number of para-hydroxylation sites is 2. The van der Waals surface area contributed by atoms with Crippen LogP contribution in [0.1, 0.15) is 23.2 Å². The molecule has 0 spiro atoms. The third-order valence-electron chi connectivity index (χ3n) is 3.11. The molecule has 3 aromatic rings. The summed E-state index contributed by atoms with van der Waals surface area (Å²) in [7, 11) is 0. The van der Waals surface area contributed by atoms with Crippen LogP contribution in [-0.4, -0.2) is 16.9 Å². The number of anilines is 1. The summed E-state index contributed by atoms with van der Waals surface area (Å²) in [6.45, 7) is 1.38. The second-order valence-corrected chi connectivity index (χ2v) is 4.91. The Balaban J connectivity index is 1.63. The van der Waals surface area contributed by atoms with Gasteiger partial charge in [0.2, 0.25) is 11.8 Å². The fourth-order valence-corrected chi connectivity index (χ4v) is 2.09.